The fourth-order valence-electron chi connectivity index (χ4n) is 3.76. The van der Waals surface area contributed by atoms with Gasteiger partial charge in [-0.2, -0.15) is 0 Å². The van der Waals surface area contributed by atoms with Gasteiger partial charge in [0.25, 0.3) is 0 Å². The molecule has 1 aromatic carbocycles. The summed E-state index contributed by atoms with van der Waals surface area (Å²) in [4.78, 5) is 6.92. The minimum atomic E-state index is -3.11. The van der Waals surface area contributed by atoms with E-state index in [1.54, 1.807) is 19.4 Å². The molecule has 0 N–H and O–H groups in total. The van der Waals surface area contributed by atoms with Crippen LogP contribution in [0.2, 0.25) is 0 Å². The van der Waals surface area contributed by atoms with E-state index in [9.17, 15) is 8.42 Å². The predicted octanol–water partition coefficient (Wildman–Crippen LogP) is 2.64. The van der Waals surface area contributed by atoms with Crippen molar-refractivity contribution in [1.82, 2.24) is 14.5 Å². The monoisotopic (exact) mass is 373 g/mol. The van der Waals surface area contributed by atoms with Crippen molar-refractivity contribution in [1.29, 1.82) is 0 Å². The molecular formula is C19H23N3O3S. The molecule has 3 heterocycles. The molecule has 2 aliphatic rings. The van der Waals surface area contributed by atoms with Crippen molar-refractivity contribution in [3.63, 3.8) is 0 Å². The Balaban J connectivity index is 1.66. The van der Waals surface area contributed by atoms with Crippen LogP contribution in [0.15, 0.2) is 42.1 Å². The Morgan fingerprint density at radius 1 is 1.27 bits per heavy atom. The van der Waals surface area contributed by atoms with Gasteiger partial charge in [-0.25, -0.2) is 13.4 Å². The third kappa shape index (κ3) is 3.41. The smallest absolute Gasteiger partial charge is 0.173 e. The molecule has 0 aliphatic carbocycles. The van der Waals surface area contributed by atoms with Crippen molar-refractivity contribution in [2.75, 3.05) is 26.0 Å². The van der Waals surface area contributed by atoms with Crippen molar-refractivity contribution >= 4 is 9.84 Å². The normalized spacial score (nSPS) is 22.1. The average molecular weight is 373 g/mol. The molecule has 1 atom stereocenters. The second-order valence-corrected chi connectivity index (χ2v) is 8.82. The van der Waals surface area contributed by atoms with E-state index in [1.165, 1.54) is 18.2 Å². The summed E-state index contributed by atoms with van der Waals surface area (Å²) >= 11 is 0. The van der Waals surface area contributed by atoms with Crippen LogP contribution < -0.4 is 4.74 Å². The quantitative estimate of drug-likeness (QED) is 0.806. The molecule has 0 bridgehead atoms. The summed E-state index contributed by atoms with van der Waals surface area (Å²) in [6.07, 6.45) is 7.78. The standard InChI is InChI=1S/C19H23N3O3S/c1-25-18-5-4-15(12-16(18)13-21-8-2-3-9-21)19-20-7-10-22(19)17-6-11-26(23,24)14-17/h4-7,10-12,17H,2-3,8-9,13-14H2,1H3/t17-/m1/s1. The highest BCUT2D eigenvalue weighted by atomic mass is 32.2. The minimum Gasteiger partial charge on any atom is -0.496 e. The third-order valence-electron chi connectivity index (χ3n) is 5.07. The Morgan fingerprint density at radius 2 is 2.08 bits per heavy atom. The number of aromatic nitrogens is 2. The van der Waals surface area contributed by atoms with Crippen LogP contribution in [0, 0.1) is 0 Å². The molecule has 4 rings (SSSR count). The number of nitrogens with zero attached hydrogens (tertiary/aromatic N) is 3. The number of ether oxygens (including phenoxy) is 1. The van der Waals surface area contributed by atoms with Crippen LogP contribution in [0.5, 0.6) is 5.75 Å². The van der Waals surface area contributed by atoms with Crippen LogP contribution in [0.1, 0.15) is 24.4 Å². The first-order valence-electron chi connectivity index (χ1n) is 8.89. The van der Waals surface area contributed by atoms with Crippen LogP contribution in [-0.4, -0.2) is 48.8 Å². The first-order valence-corrected chi connectivity index (χ1v) is 10.6. The van der Waals surface area contributed by atoms with Gasteiger partial charge >= 0.3 is 0 Å². The number of allylic oxidation sites excluding steroid dienone is 1. The maximum Gasteiger partial charge on any atom is 0.173 e. The van der Waals surface area contributed by atoms with E-state index in [-0.39, 0.29) is 11.8 Å². The second kappa shape index (κ2) is 6.89. The zero-order valence-electron chi connectivity index (χ0n) is 14.8. The molecule has 0 saturated carbocycles. The molecule has 26 heavy (non-hydrogen) atoms. The molecular weight excluding hydrogens is 350 g/mol. The van der Waals surface area contributed by atoms with E-state index >= 15 is 0 Å². The van der Waals surface area contributed by atoms with Crippen molar-refractivity contribution in [2.45, 2.75) is 25.4 Å². The molecule has 1 saturated heterocycles. The van der Waals surface area contributed by atoms with Crippen LogP contribution in [0.3, 0.4) is 0 Å². The zero-order chi connectivity index (χ0) is 18.1. The summed E-state index contributed by atoms with van der Waals surface area (Å²) in [7, 11) is -1.42. The van der Waals surface area contributed by atoms with Gasteiger partial charge in [-0.05, 0) is 50.2 Å². The largest absolute Gasteiger partial charge is 0.496 e. The van der Waals surface area contributed by atoms with Gasteiger partial charge in [0.2, 0.25) is 0 Å². The summed E-state index contributed by atoms with van der Waals surface area (Å²) in [5.74, 6) is 1.75. The molecule has 2 aromatic rings. The highest BCUT2D eigenvalue weighted by Crippen LogP contribution is 2.31. The second-order valence-electron chi connectivity index (χ2n) is 6.89. The Morgan fingerprint density at radius 3 is 2.77 bits per heavy atom. The molecule has 2 aliphatic heterocycles. The molecule has 138 valence electrons. The molecule has 1 fully saturated rings. The lowest BCUT2D eigenvalue weighted by Crippen LogP contribution is -2.19. The van der Waals surface area contributed by atoms with E-state index in [4.69, 9.17) is 4.74 Å². The molecule has 6 nitrogen and oxygen atoms in total. The van der Waals surface area contributed by atoms with E-state index in [0.717, 1.165) is 42.3 Å². The summed E-state index contributed by atoms with van der Waals surface area (Å²) in [6.45, 7) is 3.09. The number of benzene rings is 1. The predicted molar refractivity (Wildman–Crippen MR) is 101 cm³/mol. The molecule has 0 unspecified atom stereocenters. The minimum absolute atomic E-state index is 0.0904. The summed E-state index contributed by atoms with van der Waals surface area (Å²) in [5, 5.41) is 1.30. The number of hydrogen-bond donors (Lipinski definition) is 0. The van der Waals surface area contributed by atoms with Gasteiger partial charge in [0.1, 0.15) is 11.6 Å². The van der Waals surface area contributed by atoms with Crippen molar-refractivity contribution < 1.29 is 13.2 Å². The van der Waals surface area contributed by atoms with Gasteiger partial charge in [0, 0.05) is 35.5 Å². The van der Waals surface area contributed by atoms with Gasteiger partial charge in [0.05, 0.1) is 18.9 Å². The number of hydrogen-bond acceptors (Lipinski definition) is 5. The fourth-order valence-corrected chi connectivity index (χ4v) is 5.04. The summed E-state index contributed by atoms with van der Waals surface area (Å²) in [5.41, 5.74) is 2.11. The molecule has 1 aromatic heterocycles. The first-order chi connectivity index (χ1) is 12.6. The molecule has 0 spiro atoms. The average Bonchev–Trinajstić information content (AvgIpc) is 3.35. The van der Waals surface area contributed by atoms with E-state index in [1.807, 2.05) is 22.9 Å². The number of sulfone groups is 1. The number of imidazole rings is 1. The lowest BCUT2D eigenvalue weighted by molar-refractivity contribution is 0.321. The van der Waals surface area contributed by atoms with Gasteiger partial charge in [-0.3, -0.25) is 4.90 Å². The fraction of sp³-hybridized carbons (Fsp3) is 0.421. The maximum absolute atomic E-state index is 11.8. The van der Waals surface area contributed by atoms with Crippen molar-refractivity contribution in [3.8, 4) is 17.1 Å². The summed E-state index contributed by atoms with van der Waals surface area (Å²) in [6, 6.07) is 5.87. The van der Waals surface area contributed by atoms with Gasteiger partial charge < -0.3 is 9.30 Å². The van der Waals surface area contributed by atoms with Crippen LogP contribution in [0.25, 0.3) is 11.4 Å². The topological polar surface area (TPSA) is 64.4 Å². The zero-order valence-corrected chi connectivity index (χ0v) is 15.7. The Labute approximate surface area is 154 Å². The number of likely N-dealkylation sites (tertiary alicyclic amines) is 1. The molecule has 0 amide bonds. The lowest BCUT2D eigenvalue weighted by atomic mass is 10.1. The van der Waals surface area contributed by atoms with E-state index in [0.29, 0.717) is 0 Å². The first kappa shape index (κ1) is 17.3. The SMILES string of the molecule is COc1ccc(-c2nccn2[C@@H]2C=CS(=O)(=O)C2)cc1CN1CCCC1. The molecule has 7 heteroatoms. The van der Waals surface area contributed by atoms with E-state index < -0.39 is 9.84 Å². The maximum atomic E-state index is 11.8. The van der Waals surface area contributed by atoms with Crippen LogP contribution in [0.4, 0.5) is 0 Å². The Bertz CT molecular complexity index is 927. The Kier molecular flexibility index (Phi) is 4.58. The van der Waals surface area contributed by atoms with E-state index in [2.05, 4.69) is 16.0 Å². The number of methoxy groups -OCH3 is 1. The van der Waals surface area contributed by atoms with Crippen LogP contribution in [-0.2, 0) is 16.4 Å². The van der Waals surface area contributed by atoms with Crippen LogP contribution >= 0.6 is 0 Å². The number of rotatable bonds is 5. The van der Waals surface area contributed by atoms with Gasteiger partial charge in [0.15, 0.2) is 9.84 Å². The van der Waals surface area contributed by atoms with Gasteiger partial charge in [-0.15, -0.1) is 0 Å². The lowest BCUT2D eigenvalue weighted by Gasteiger charge is -2.18. The summed E-state index contributed by atoms with van der Waals surface area (Å²) < 4.78 is 31.0. The van der Waals surface area contributed by atoms with Crippen molar-refractivity contribution in [3.05, 3.63) is 47.6 Å². The highest BCUT2D eigenvalue weighted by Gasteiger charge is 2.25. The highest BCUT2D eigenvalue weighted by molar-refractivity contribution is 7.94. The van der Waals surface area contributed by atoms with Gasteiger partial charge in [-0.1, -0.05) is 0 Å². The molecule has 0 radical (unpaired) electrons. The Hall–Kier alpha value is -2.12. The third-order valence-corrected chi connectivity index (χ3v) is 6.45. The van der Waals surface area contributed by atoms with Crippen molar-refractivity contribution in [2.24, 2.45) is 0 Å².